The number of phenols is 1. The minimum absolute atomic E-state index is 0.0109. The van der Waals surface area contributed by atoms with E-state index < -0.39 is 41.9 Å². The summed E-state index contributed by atoms with van der Waals surface area (Å²) >= 11 is 0. The maximum atomic E-state index is 11.9. The van der Waals surface area contributed by atoms with E-state index in [0.29, 0.717) is 5.56 Å². The second kappa shape index (κ2) is 10.9. The molecule has 0 aromatic heterocycles. The predicted molar refractivity (Wildman–Crippen MR) is 109 cm³/mol. The number of aliphatic hydroxyl groups excluding tert-OH is 3. The highest BCUT2D eigenvalue weighted by molar-refractivity contribution is 5.72. The van der Waals surface area contributed by atoms with Crippen molar-refractivity contribution in [2.45, 2.75) is 78.5 Å². The van der Waals surface area contributed by atoms with Gasteiger partial charge in [-0.25, -0.2) is 0 Å². The molecular formula is C22H36O7. The highest BCUT2D eigenvalue weighted by atomic mass is 16.6. The van der Waals surface area contributed by atoms with Gasteiger partial charge in [0.25, 0.3) is 0 Å². The quantitative estimate of drug-likeness (QED) is 0.559. The van der Waals surface area contributed by atoms with Crippen molar-refractivity contribution in [2.75, 3.05) is 6.61 Å². The molecule has 166 valence electrons. The number of hydrogen-bond acceptors (Lipinski definition) is 7. The van der Waals surface area contributed by atoms with Crippen LogP contribution in [0, 0.1) is 11.3 Å². The number of aromatic hydroxyl groups is 1. The third-order valence-electron chi connectivity index (χ3n) is 4.26. The summed E-state index contributed by atoms with van der Waals surface area (Å²) in [6.07, 6.45) is -5.57. The fraction of sp³-hybridized carbons (Fsp3) is 0.682. The molecular weight excluding hydrogens is 376 g/mol. The molecule has 1 fully saturated rings. The number of carbonyl (C=O) groups excluding carboxylic acids is 1. The second-order valence-electron chi connectivity index (χ2n) is 9.19. The fourth-order valence-electron chi connectivity index (χ4n) is 2.81. The second-order valence-corrected chi connectivity index (χ2v) is 9.19. The molecule has 1 aliphatic rings. The molecule has 4 N–H and O–H groups in total. The van der Waals surface area contributed by atoms with E-state index >= 15 is 0 Å². The Morgan fingerprint density at radius 1 is 1.03 bits per heavy atom. The Bertz CT molecular complexity index is 618. The molecule has 1 aromatic rings. The third-order valence-corrected chi connectivity index (χ3v) is 4.26. The van der Waals surface area contributed by atoms with Gasteiger partial charge in [-0.05, 0) is 29.0 Å². The molecule has 1 aromatic carbocycles. The van der Waals surface area contributed by atoms with E-state index in [-0.39, 0.29) is 18.8 Å². The summed E-state index contributed by atoms with van der Waals surface area (Å²) in [4.78, 5) is 11.9. The van der Waals surface area contributed by atoms with Crippen molar-refractivity contribution in [1.82, 2.24) is 0 Å². The van der Waals surface area contributed by atoms with Crippen LogP contribution in [0.25, 0.3) is 0 Å². The first kappa shape index (κ1) is 25.4. The van der Waals surface area contributed by atoms with Crippen molar-refractivity contribution in [3.05, 3.63) is 29.8 Å². The van der Waals surface area contributed by atoms with Crippen molar-refractivity contribution in [3.8, 4) is 5.75 Å². The number of phenolic OH excluding ortho intramolecular Hbond substituents is 1. The lowest BCUT2D eigenvalue weighted by atomic mass is 9.80. The monoisotopic (exact) mass is 412 g/mol. The first-order valence-electron chi connectivity index (χ1n) is 9.96. The van der Waals surface area contributed by atoms with Crippen LogP contribution < -0.4 is 0 Å². The largest absolute Gasteiger partial charge is 0.508 e. The SMILES string of the molecule is CC(C)(C)C1OC(COC(=O)Cc2ccc(O)cc2)C(O)C(O)C1O.CC(C)C. The van der Waals surface area contributed by atoms with Gasteiger partial charge in [-0.3, -0.25) is 4.79 Å². The molecule has 5 unspecified atom stereocenters. The Labute approximate surface area is 173 Å². The summed E-state index contributed by atoms with van der Waals surface area (Å²) in [6.45, 7) is 11.8. The maximum Gasteiger partial charge on any atom is 0.310 e. The average Bonchev–Trinajstić information content (AvgIpc) is 2.59. The number of ether oxygens (including phenoxy) is 2. The molecule has 1 aliphatic heterocycles. The number of benzene rings is 1. The topological polar surface area (TPSA) is 116 Å². The van der Waals surface area contributed by atoms with Gasteiger partial charge in [-0.15, -0.1) is 0 Å². The zero-order valence-corrected chi connectivity index (χ0v) is 18.2. The van der Waals surface area contributed by atoms with Crippen LogP contribution >= 0.6 is 0 Å². The third kappa shape index (κ3) is 8.30. The van der Waals surface area contributed by atoms with Gasteiger partial charge in [-0.2, -0.15) is 0 Å². The minimum Gasteiger partial charge on any atom is -0.508 e. The van der Waals surface area contributed by atoms with Gasteiger partial charge in [0.2, 0.25) is 0 Å². The van der Waals surface area contributed by atoms with Gasteiger partial charge in [0, 0.05) is 0 Å². The smallest absolute Gasteiger partial charge is 0.310 e. The average molecular weight is 413 g/mol. The molecule has 0 spiro atoms. The Balaban J connectivity index is 0.000000960. The van der Waals surface area contributed by atoms with Crippen molar-refractivity contribution >= 4 is 5.97 Å². The van der Waals surface area contributed by atoms with E-state index in [1.165, 1.54) is 12.1 Å². The van der Waals surface area contributed by atoms with Crippen LogP contribution in [0.1, 0.15) is 47.1 Å². The number of hydrogen-bond donors (Lipinski definition) is 4. The molecule has 1 heterocycles. The summed E-state index contributed by atoms with van der Waals surface area (Å²) in [6, 6.07) is 6.17. The fourth-order valence-corrected chi connectivity index (χ4v) is 2.81. The van der Waals surface area contributed by atoms with Gasteiger partial charge >= 0.3 is 5.97 Å². The van der Waals surface area contributed by atoms with Crippen LogP contribution in [0.2, 0.25) is 0 Å². The van der Waals surface area contributed by atoms with Crippen LogP contribution in [-0.2, 0) is 20.7 Å². The molecule has 7 nitrogen and oxygen atoms in total. The lowest BCUT2D eigenvalue weighted by Gasteiger charge is -2.45. The Kier molecular flexibility index (Phi) is 9.55. The van der Waals surface area contributed by atoms with Crippen LogP contribution in [0.3, 0.4) is 0 Å². The van der Waals surface area contributed by atoms with Crippen molar-refractivity contribution in [1.29, 1.82) is 0 Å². The number of carbonyl (C=O) groups is 1. The zero-order chi connectivity index (χ0) is 22.4. The van der Waals surface area contributed by atoms with E-state index in [2.05, 4.69) is 20.8 Å². The summed E-state index contributed by atoms with van der Waals surface area (Å²) in [7, 11) is 0. The van der Waals surface area contributed by atoms with Gasteiger partial charge < -0.3 is 29.9 Å². The maximum absolute atomic E-state index is 11.9. The molecule has 1 saturated heterocycles. The molecule has 0 amide bonds. The Hall–Kier alpha value is -1.67. The van der Waals surface area contributed by atoms with Crippen LogP contribution in [0.15, 0.2) is 24.3 Å². The van der Waals surface area contributed by atoms with Gasteiger partial charge in [0.15, 0.2) is 0 Å². The predicted octanol–water partition coefficient (Wildman–Crippen LogP) is 2.04. The lowest BCUT2D eigenvalue weighted by Crippen LogP contribution is -2.61. The summed E-state index contributed by atoms with van der Waals surface area (Å²) in [5.74, 6) is 0.422. The number of esters is 1. The van der Waals surface area contributed by atoms with E-state index in [1.807, 2.05) is 20.8 Å². The Morgan fingerprint density at radius 3 is 2.03 bits per heavy atom. The Morgan fingerprint density at radius 2 is 1.55 bits per heavy atom. The number of rotatable bonds is 4. The van der Waals surface area contributed by atoms with Crippen molar-refractivity contribution < 1.29 is 34.7 Å². The highest BCUT2D eigenvalue weighted by Crippen LogP contribution is 2.33. The summed E-state index contributed by atoms with van der Waals surface area (Å²) in [5, 5.41) is 39.4. The molecule has 29 heavy (non-hydrogen) atoms. The first-order chi connectivity index (χ1) is 13.3. The molecule has 2 rings (SSSR count). The molecule has 0 aliphatic carbocycles. The van der Waals surface area contributed by atoms with Gasteiger partial charge in [-0.1, -0.05) is 53.7 Å². The molecule has 0 bridgehead atoms. The molecule has 5 atom stereocenters. The first-order valence-corrected chi connectivity index (χ1v) is 9.96. The summed E-state index contributed by atoms with van der Waals surface area (Å²) in [5.41, 5.74) is 0.213. The molecule has 0 saturated carbocycles. The van der Waals surface area contributed by atoms with Crippen LogP contribution in [-0.4, -0.2) is 63.5 Å². The molecule has 7 heteroatoms. The van der Waals surface area contributed by atoms with Crippen LogP contribution in [0.5, 0.6) is 5.75 Å². The van der Waals surface area contributed by atoms with Gasteiger partial charge in [0.1, 0.15) is 36.8 Å². The van der Waals surface area contributed by atoms with E-state index in [9.17, 15) is 25.2 Å². The van der Waals surface area contributed by atoms with Crippen LogP contribution in [0.4, 0.5) is 0 Å². The lowest BCUT2D eigenvalue weighted by molar-refractivity contribution is -0.252. The van der Waals surface area contributed by atoms with E-state index in [4.69, 9.17) is 9.47 Å². The molecule has 0 radical (unpaired) electrons. The van der Waals surface area contributed by atoms with Gasteiger partial charge in [0.05, 0.1) is 12.5 Å². The van der Waals surface area contributed by atoms with E-state index in [0.717, 1.165) is 5.92 Å². The van der Waals surface area contributed by atoms with Crippen molar-refractivity contribution in [2.24, 2.45) is 11.3 Å². The number of aliphatic hydroxyl groups is 3. The summed E-state index contributed by atoms with van der Waals surface area (Å²) < 4.78 is 10.8. The zero-order valence-electron chi connectivity index (χ0n) is 18.2. The van der Waals surface area contributed by atoms with E-state index in [1.54, 1.807) is 12.1 Å². The standard InChI is InChI=1S/C18H26O7.C4H10/c1-18(2,3)17-16(23)15(22)14(21)12(25-17)9-24-13(20)8-10-4-6-11(19)7-5-10;1-4(2)3/h4-7,12,14-17,19,21-23H,8-9H2,1-3H3;4H,1-3H3. The van der Waals surface area contributed by atoms with Crippen molar-refractivity contribution in [3.63, 3.8) is 0 Å². The minimum atomic E-state index is -1.38. The highest BCUT2D eigenvalue weighted by Gasteiger charge is 2.48. The normalized spacial score (nSPS) is 27.2.